The molecule has 0 amide bonds. The van der Waals surface area contributed by atoms with Crippen molar-refractivity contribution in [1.29, 1.82) is 0 Å². The van der Waals surface area contributed by atoms with Crippen LogP contribution >= 0.6 is 23.6 Å². The number of aryl methyl sites for hydroxylation is 1. The Labute approximate surface area is 161 Å². The van der Waals surface area contributed by atoms with Crippen LogP contribution in [0.15, 0.2) is 48.5 Å². The van der Waals surface area contributed by atoms with Gasteiger partial charge in [-0.25, -0.2) is 4.98 Å². The second-order valence-corrected chi connectivity index (χ2v) is 8.32. The molecule has 0 saturated carbocycles. The zero-order chi connectivity index (χ0) is 17.7. The van der Waals surface area contributed by atoms with Gasteiger partial charge in [0.15, 0.2) is 4.77 Å². The third kappa shape index (κ3) is 2.52. The molecule has 2 aromatic heterocycles. The second kappa shape index (κ2) is 6.30. The molecule has 1 saturated heterocycles. The van der Waals surface area contributed by atoms with Crippen molar-refractivity contribution in [3.63, 3.8) is 0 Å². The summed E-state index contributed by atoms with van der Waals surface area (Å²) in [6, 6.07) is 17.3. The molecule has 0 spiro atoms. The van der Waals surface area contributed by atoms with Crippen LogP contribution < -0.4 is 0 Å². The van der Waals surface area contributed by atoms with Gasteiger partial charge in [-0.15, -0.1) is 11.3 Å². The molecule has 1 atom stereocenters. The largest absolute Gasteiger partial charge is 0.320 e. The van der Waals surface area contributed by atoms with Crippen LogP contribution in [0, 0.1) is 4.77 Å². The number of hydrogen-bond acceptors (Lipinski definition) is 4. The summed E-state index contributed by atoms with van der Waals surface area (Å²) in [5.41, 5.74) is 3.50. The van der Waals surface area contributed by atoms with Crippen molar-refractivity contribution in [2.45, 2.75) is 25.6 Å². The standard InChI is InChI=1S/C20H20N4S2/c1-22-15-8-3-4-9-16(15)24(20(22)25)13-23-12-6-10-17(23)19-21-14-7-2-5-11-18(14)26-19/h2-5,7-9,11,17H,6,10,12-13H2,1H3/t17-/m1/s1. The second-order valence-electron chi connectivity index (χ2n) is 6.89. The van der Waals surface area contributed by atoms with E-state index in [4.69, 9.17) is 17.2 Å². The van der Waals surface area contributed by atoms with Gasteiger partial charge >= 0.3 is 0 Å². The van der Waals surface area contributed by atoms with Gasteiger partial charge < -0.3 is 9.13 Å². The van der Waals surface area contributed by atoms with E-state index in [0.717, 1.165) is 29.9 Å². The highest BCUT2D eigenvalue weighted by atomic mass is 32.1. The van der Waals surface area contributed by atoms with Gasteiger partial charge in [0, 0.05) is 13.6 Å². The Morgan fingerprint density at radius 2 is 1.88 bits per heavy atom. The normalized spacial score (nSPS) is 18.3. The zero-order valence-corrected chi connectivity index (χ0v) is 16.3. The maximum atomic E-state index is 5.72. The fourth-order valence-electron chi connectivity index (χ4n) is 3.99. The Hall–Kier alpha value is -2.02. The molecule has 0 N–H and O–H groups in total. The first kappa shape index (κ1) is 16.2. The molecule has 132 valence electrons. The minimum atomic E-state index is 0.383. The Bertz CT molecular complexity index is 1120. The van der Waals surface area contributed by atoms with Crippen LogP contribution in [-0.2, 0) is 13.7 Å². The third-order valence-electron chi connectivity index (χ3n) is 5.33. The van der Waals surface area contributed by atoms with Crippen LogP contribution in [0.1, 0.15) is 23.9 Å². The monoisotopic (exact) mass is 380 g/mol. The number of para-hydroxylation sites is 3. The molecule has 2 aromatic carbocycles. The van der Waals surface area contributed by atoms with Crippen LogP contribution in [0.25, 0.3) is 21.3 Å². The van der Waals surface area contributed by atoms with E-state index in [1.165, 1.54) is 27.2 Å². The van der Waals surface area contributed by atoms with Crippen molar-refractivity contribution < 1.29 is 0 Å². The highest BCUT2D eigenvalue weighted by Crippen LogP contribution is 2.37. The van der Waals surface area contributed by atoms with Crippen molar-refractivity contribution in [2.75, 3.05) is 6.54 Å². The molecular weight excluding hydrogens is 360 g/mol. The van der Waals surface area contributed by atoms with Gasteiger partial charge in [-0.3, -0.25) is 4.90 Å². The lowest BCUT2D eigenvalue weighted by molar-refractivity contribution is 0.203. The molecule has 6 heteroatoms. The lowest BCUT2D eigenvalue weighted by atomic mass is 10.2. The summed E-state index contributed by atoms with van der Waals surface area (Å²) in [4.78, 5) is 7.44. The van der Waals surface area contributed by atoms with E-state index in [1.54, 1.807) is 0 Å². The minimum Gasteiger partial charge on any atom is -0.320 e. The Kier molecular flexibility index (Phi) is 3.92. The summed E-state index contributed by atoms with van der Waals surface area (Å²) in [6.45, 7) is 1.91. The number of benzene rings is 2. The lowest BCUT2D eigenvalue weighted by Crippen LogP contribution is -2.26. The van der Waals surface area contributed by atoms with E-state index in [1.807, 2.05) is 11.3 Å². The number of aromatic nitrogens is 3. The molecule has 1 aliphatic rings. The molecule has 5 rings (SSSR count). The molecule has 4 aromatic rings. The maximum absolute atomic E-state index is 5.72. The van der Waals surface area contributed by atoms with Crippen LogP contribution in [0.3, 0.4) is 0 Å². The maximum Gasteiger partial charge on any atom is 0.181 e. The molecule has 1 aliphatic heterocycles. The number of hydrogen-bond donors (Lipinski definition) is 0. The summed E-state index contributed by atoms with van der Waals surface area (Å²) < 4.78 is 6.52. The van der Waals surface area contributed by atoms with Crippen LogP contribution in [0.2, 0.25) is 0 Å². The number of nitrogens with zero attached hydrogens (tertiary/aromatic N) is 4. The van der Waals surface area contributed by atoms with Gasteiger partial charge in [0.25, 0.3) is 0 Å². The molecule has 26 heavy (non-hydrogen) atoms. The van der Waals surface area contributed by atoms with Gasteiger partial charge in [-0.2, -0.15) is 0 Å². The van der Waals surface area contributed by atoms with Crippen LogP contribution in [0.4, 0.5) is 0 Å². The number of likely N-dealkylation sites (tertiary alicyclic amines) is 1. The Balaban J connectivity index is 1.52. The third-order valence-corrected chi connectivity index (χ3v) is 6.97. The summed E-state index contributed by atoms with van der Waals surface area (Å²) in [5, 5.41) is 1.23. The Morgan fingerprint density at radius 3 is 2.73 bits per heavy atom. The van der Waals surface area contributed by atoms with Gasteiger partial charge in [0.1, 0.15) is 5.01 Å². The first-order valence-electron chi connectivity index (χ1n) is 8.96. The lowest BCUT2D eigenvalue weighted by Gasteiger charge is -2.23. The molecule has 3 heterocycles. The average molecular weight is 381 g/mol. The Morgan fingerprint density at radius 1 is 1.12 bits per heavy atom. The van der Waals surface area contributed by atoms with E-state index in [9.17, 15) is 0 Å². The van der Waals surface area contributed by atoms with E-state index in [-0.39, 0.29) is 0 Å². The molecule has 0 radical (unpaired) electrons. The highest BCUT2D eigenvalue weighted by molar-refractivity contribution is 7.71. The fourth-order valence-corrected chi connectivity index (χ4v) is 5.38. The predicted molar refractivity (Wildman–Crippen MR) is 110 cm³/mol. The first-order chi connectivity index (χ1) is 12.7. The zero-order valence-electron chi connectivity index (χ0n) is 14.6. The summed E-state index contributed by atoms with van der Waals surface area (Å²) in [5.74, 6) is 0. The van der Waals surface area contributed by atoms with Crippen molar-refractivity contribution in [3.8, 4) is 0 Å². The minimum absolute atomic E-state index is 0.383. The summed E-state index contributed by atoms with van der Waals surface area (Å²) >= 11 is 7.55. The highest BCUT2D eigenvalue weighted by Gasteiger charge is 2.29. The van der Waals surface area contributed by atoms with E-state index >= 15 is 0 Å². The van der Waals surface area contributed by atoms with Crippen molar-refractivity contribution >= 4 is 44.8 Å². The number of imidazole rings is 1. The summed E-state index contributed by atoms with van der Waals surface area (Å²) in [7, 11) is 2.05. The number of thiazole rings is 1. The molecule has 0 unspecified atom stereocenters. The average Bonchev–Trinajstić information content (AvgIpc) is 3.35. The van der Waals surface area contributed by atoms with Crippen molar-refractivity contribution in [3.05, 3.63) is 58.3 Å². The van der Waals surface area contributed by atoms with E-state index in [2.05, 4.69) is 69.6 Å². The summed E-state index contributed by atoms with van der Waals surface area (Å²) in [6.07, 6.45) is 2.37. The van der Waals surface area contributed by atoms with Crippen LogP contribution in [-0.4, -0.2) is 25.6 Å². The molecule has 0 aliphatic carbocycles. The number of fused-ring (bicyclic) bond motifs is 2. The van der Waals surface area contributed by atoms with Gasteiger partial charge in [-0.1, -0.05) is 24.3 Å². The van der Waals surface area contributed by atoms with Crippen molar-refractivity contribution in [2.24, 2.45) is 7.05 Å². The molecular formula is C20H20N4S2. The van der Waals surface area contributed by atoms with E-state index in [0.29, 0.717) is 6.04 Å². The van der Waals surface area contributed by atoms with Gasteiger partial charge in [0.05, 0.1) is 34.0 Å². The molecule has 4 nitrogen and oxygen atoms in total. The van der Waals surface area contributed by atoms with E-state index < -0.39 is 0 Å². The quantitative estimate of drug-likeness (QED) is 0.462. The molecule has 0 bridgehead atoms. The topological polar surface area (TPSA) is 26.0 Å². The number of rotatable bonds is 3. The fraction of sp³-hybridized carbons (Fsp3) is 0.300. The predicted octanol–water partition coefficient (Wildman–Crippen LogP) is 5.11. The smallest absolute Gasteiger partial charge is 0.181 e. The first-order valence-corrected chi connectivity index (χ1v) is 10.2. The van der Waals surface area contributed by atoms with Crippen LogP contribution in [0.5, 0.6) is 0 Å². The van der Waals surface area contributed by atoms with Gasteiger partial charge in [0.2, 0.25) is 0 Å². The molecule has 1 fully saturated rings. The SMILES string of the molecule is Cn1c(=S)n(CN2CCC[C@@H]2c2nc3ccccc3s2)c2ccccc21. The van der Waals surface area contributed by atoms with Gasteiger partial charge in [-0.05, 0) is 49.3 Å². The van der Waals surface area contributed by atoms with Crippen molar-refractivity contribution in [1.82, 2.24) is 19.0 Å².